The van der Waals surface area contributed by atoms with Crippen LogP contribution in [0.25, 0.3) is 0 Å². The molecule has 1 amide bonds. The summed E-state index contributed by atoms with van der Waals surface area (Å²) in [6.07, 6.45) is 3.49. The standard InChI is InChI=1S/C16H24BrNO2/c1-3-13(4-2)12-18-16(19)6-5-11-20-15-9-7-14(17)8-10-15/h7-10,13H,3-6,11-12H2,1-2H3,(H,18,19). The third kappa shape index (κ3) is 6.94. The van der Waals surface area contributed by atoms with E-state index in [4.69, 9.17) is 4.74 Å². The maximum Gasteiger partial charge on any atom is 0.220 e. The quantitative estimate of drug-likeness (QED) is 0.685. The Hall–Kier alpha value is -1.03. The van der Waals surface area contributed by atoms with Crippen molar-refractivity contribution in [1.82, 2.24) is 5.32 Å². The molecule has 3 nitrogen and oxygen atoms in total. The summed E-state index contributed by atoms with van der Waals surface area (Å²) in [6.45, 7) is 5.68. The molecule has 0 atom stereocenters. The first-order valence-corrected chi connectivity index (χ1v) is 8.10. The fourth-order valence-corrected chi connectivity index (χ4v) is 2.14. The van der Waals surface area contributed by atoms with Gasteiger partial charge in [0.15, 0.2) is 0 Å². The highest BCUT2D eigenvalue weighted by atomic mass is 79.9. The Morgan fingerprint density at radius 3 is 2.50 bits per heavy atom. The van der Waals surface area contributed by atoms with E-state index in [9.17, 15) is 4.79 Å². The molecule has 1 aromatic carbocycles. The molecule has 1 aromatic rings. The van der Waals surface area contributed by atoms with Crippen molar-refractivity contribution < 1.29 is 9.53 Å². The second kappa shape index (κ2) is 9.81. The van der Waals surface area contributed by atoms with Crippen LogP contribution in [0.3, 0.4) is 0 Å². The van der Waals surface area contributed by atoms with E-state index < -0.39 is 0 Å². The Balaban J connectivity index is 2.11. The summed E-state index contributed by atoms with van der Waals surface area (Å²) in [5, 5.41) is 2.99. The normalized spacial score (nSPS) is 10.6. The van der Waals surface area contributed by atoms with Gasteiger partial charge in [-0.05, 0) is 36.6 Å². The number of nitrogens with one attached hydrogen (secondary N) is 1. The fraction of sp³-hybridized carbons (Fsp3) is 0.562. The van der Waals surface area contributed by atoms with Crippen LogP contribution in [-0.4, -0.2) is 19.1 Å². The van der Waals surface area contributed by atoms with E-state index >= 15 is 0 Å². The van der Waals surface area contributed by atoms with Gasteiger partial charge in [-0.15, -0.1) is 0 Å². The second-order valence-electron chi connectivity index (χ2n) is 4.89. The molecule has 0 fully saturated rings. The van der Waals surface area contributed by atoms with Crippen molar-refractivity contribution >= 4 is 21.8 Å². The number of carbonyl (C=O) groups excluding carboxylic acids is 1. The average Bonchev–Trinajstić information content (AvgIpc) is 2.46. The lowest BCUT2D eigenvalue weighted by Crippen LogP contribution is -2.28. The Bertz CT molecular complexity index is 388. The van der Waals surface area contributed by atoms with Gasteiger partial charge in [0, 0.05) is 17.4 Å². The van der Waals surface area contributed by atoms with Crippen LogP contribution >= 0.6 is 15.9 Å². The summed E-state index contributed by atoms with van der Waals surface area (Å²) in [7, 11) is 0. The third-order valence-electron chi connectivity index (χ3n) is 3.37. The van der Waals surface area contributed by atoms with Gasteiger partial charge in [0.05, 0.1) is 6.61 Å². The smallest absolute Gasteiger partial charge is 0.220 e. The van der Waals surface area contributed by atoms with Crippen molar-refractivity contribution in [1.29, 1.82) is 0 Å². The molecule has 0 radical (unpaired) electrons. The Labute approximate surface area is 130 Å². The number of hydrogen-bond acceptors (Lipinski definition) is 2. The van der Waals surface area contributed by atoms with Crippen LogP contribution < -0.4 is 10.1 Å². The highest BCUT2D eigenvalue weighted by Crippen LogP contribution is 2.16. The summed E-state index contributed by atoms with van der Waals surface area (Å²) in [5.74, 6) is 1.56. The Kier molecular flexibility index (Phi) is 8.35. The number of amides is 1. The second-order valence-corrected chi connectivity index (χ2v) is 5.81. The van der Waals surface area contributed by atoms with E-state index in [0.717, 1.165) is 36.0 Å². The maximum absolute atomic E-state index is 11.7. The van der Waals surface area contributed by atoms with E-state index in [1.54, 1.807) is 0 Å². The molecule has 0 bridgehead atoms. The molecule has 0 saturated heterocycles. The minimum absolute atomic E-state index is 0.122. The van der Waals surface area contributed by atoms with Gasteiger partial charge >= 0.3 is 0 Å². The number of ether oxygens (including phenoxy) is 1. The predicted octanol–water partition coefficient (Wildman–Crippen LogP) is 4.16. The first-order valence-electron chi connectivity index (χ1n) is 7.30. The zero-order valence-electron chi connectivity index (χ0n) is 12.3. The highest BCUT2D eigenvalue weighted by molar-refractivity contribution is 9.10. The lowest BCUT2D eigenvalue weighted by Gasteiger charge is -2.13. The van der Waals surface area contributed by atoms with E-state index in [-0.39, 0.29) is 5.91 Å². The SMILES string of the molecule is CCC(CC)CNC(=O)CCCOc1ccc(Br)cc1. The summed E-state index contributed by atoms with van der Waals surface area (Å²) in [5.41, 5.74) is 0. The third-order valence-corrected chi connectivity index (χ3v) is 3.90. The molecule has 112 valence electrons. The van der Waals surface area contributed by atoms with Gasteiger partial charge in [-0.3, -0.25) is 4.79 Å². The van der Waals surface area contributed by atoms with E-state index in [1.807, 2.05) is 24.3 Å². The molecule has 0 aliphatic heterocycles. The zero-order chi connectivity index (χ0) is 14.8. The lowest BCUT2D eigenvalue weighted by atomic mass is 10.0. The van der Waals surface area contributed by atoms with Crippen LogP contribution in [0.15, 0.2) is 28.7 Å². The number of hydrogen-bond donors (Lipinski definition) is 1. The Morgan fingerprint density at radius 2 is 1.90 bits per heavy atom. The van der Waals surface area contributed by atoms with Crippen molar-refractivity contribution in [2.24, 2.45) is 5.92 Å². The van der Waals surface area contributed by atoms with Crippen molar-refractivity contribution in [2.45, 2.75) is 39.5 Å². The molecule has 0 spiro atoms. The molecule has 0 saturated carbocycles. The van der Waals surface area contributed by atoms with Gasteiger partial charge in [-0.2, -0.15) is 0 Å². The van der Waals surface area contributed by atoms with E-state index in [1.165, 1.54) is 0 Å². The van der Waals surface area contributed by atoms with E-state index in [0.29, 0.717) is 18.9 Å². The molecule has 1 rings (SSSR count). The maximum atomic E-state index is 11.7. The fourth-order valence-electron chi connectivity index (χ4n) is 1.88. The van der Waals surface area contributed by atoms with Crippen molar-refractivity contribution in [3.63, 3.8) is 0 Å². The molecule has 1 N–H and O–H groups in total. The topological polar surface area (TPSA) is 38.3 Å². The van der Waals surface area contributed by atoms with Crippen LogP contribution in [-0.2, 0) is 4.79 Å². The van der Waals surface area contributed by atoms with E-state index in [2.05, 4.69) is 35.1 Å². The molecule has 0 aliphatic rings. The monoisotopic (exact) mass is 341 g/mol. The van der Waals surface area contributed by atoms with Crippen molar-refractivity contribution in [3.8, 4) is 5.75 Å². The summed E-state index contributed by atoms with van der Waals surface area (Å²) >= 11 is 3.38. The van der Waals surface area contributed by atoms with Gasteiger partial charge < -0.3 is 10.1 Å². The molecular weight excluding hydrogens is 318 g/mol. The van der Waals surface area contributed by atoms with Gasteiger partial charge in [-0.25, -0.2) is 0 Å². The van der Waals surface area contributed by atoms with Gasteiger partial charge in [0.1, 0.15) is 5.75 Å². The highest BCUT2D eigenvalue weighted by Gasteiger charge is 2.06. The van der Waals surface area contributed by atoms with Gasteiger partial charge in [0.25, 0.3) is 0 Å². The average molecular weight is 342 g/mol. The van der Waals surface area contributed by atoms with Crippen molar-refractivity contribution in [3.05, 3.63) is 28.7 Å². The van der Waals surface area contributed by atoms with Crippen LogP contribution in [0.4, 0.5) is 0 Å². The first-order chi connectivity index (χ1) is 9.65. The largest absolute Gasteiger partial charge is 0.494 e. The van der Waals surface area contributed by atoms with Crippen molar-refractivity contribution in [2.75, 3.05) is 13.2 Å². The number of halogens is 1. The molecule has 0 unspecified atom stereocenters. The predicted molar refractivity (Wildman–Crippen MR) is 86.0 cm³/mol. The van der Waals surface area contributed by atoms with Gasteiger partial charge in [0.2, 0.25) is 5.91 Å². The van der Waals surface area contributed by atoms with Gasteiger partial charge in [-0.1, -0.05) is 42.6 Å². The van der Waals surface area contributed by atoms with Crippen LogP contribution in [0.5, 0.6) is 5.75 Å². The zero-order valence-corrected chi connectivity index (χ0v) is 13.9. The summed E-state index contributed by atoms with van der Waals surface area (Å²) < 4.78 is 6.61. The first kappa shape index (κ1) is 17.0. The molecule has 0 aliphatic carbocycles. The summed E-state index contributed by atoms with van der Waals surface area (Å²) in [6, 6.07) is 7.71. The molecule has 20 heavy (non-hydrogen) atoms. The van der Waals surface area contributed by atoms with Crippen LogP contribution in [0.1, 0.15) is 39.5 Å². The van der Waals surface area contributed by atoms with Crippen LogP contribution in [0, 0.1) is 5.92 Å². The number of benzene rings is 1. The number of carbonyl (C=O) groups is 1. The van der Waals surface area contributed by atoms with Crippen LogP contribution in [0.2, 0.25) is 0 Å². The molecule has 0 heterocycles. The Morgan fingerprint density at radius 1 is 1.25 bits per heavy atom. The number of rotatable bonds is 9. The molecular formula is C16H24BrNO2. The lowest BCUT2D eigenvalue weighted by molar-refractivity contribution is -0.121. The minimum atomic E-state index is 0.122. The minimum Gasteiger partial charge on any atom is -0.494 e. The molecule has 0 aromatic heterocycles. The summed E-state index contributed by atoms with van der Waals surface area (Å²) in [4.78, 5) is 11.7. The molecule has 4 heteroatoms.